The van der Waals surface area contributed by atoms with Crippen molar-refractivity contribution < 1.29 is 13.9 Å². The number of fused-ring (bicyclic) bond motifs is 1. The number of imidazole rings is 1. The highest BCUT2D eigenvalue weighted by Crippen LogP contribution is 2.21. The van der Waals surface area contributed by atoms with Gasteiger partial charge in [0, 0.05) is 12.5 Å². The van der Waals surface area contributed by atoms with E-state index in [-0.39, 0.29) is 12.5 Å². The molecule has 1 fully saturated rings. The number of rotatable bonds is 3. The number of carbonyl (C=O) groups is 1. The van der Waals surface area contributed by atoms with Gasteiger partial charge in [0.2, 0.25) is 5.95 Å². The summed E-state index contributed by atoms with van der Waals surface area (Å²) in [5, 5.41) is 7.51. The fraction of sp³-hybridized carbons (Fsp3) is 0.667. The van der Waals surface area contributed by atoms with Crippen molar-refractivity contribution in [3.63, 3.8) is 0 Å². The Labute approximate surface area is 158 Å². The molecule has 27 heavy (non-hydrogen) atoms. The number of nitrogens with zero attached hydrogens (tertiary/aromatic N) is 5. The molecular weight excluding hydrogens is 351 g/mol. The van der Waals surface area contributed by atoms with E-state index < -0.39 is 23.9 Å². The van der Waals surface area contributed by atoms with Gasteiger partial charge >= 0.3 is 6.09 Å². The van der Waals surface area contributed by atoms with Crippen LogP contribution in [0.2, 0.25) is 0 Å². The van der Waals surface area contributed by atoms with Crippen molar-refractivity contribution >= 4 is 17.6 Å². The van der Waals surface area contributed by atoms with Crippen molar-refractivity contribution in [2.45, 2.75) is 64.8 Å². The molecule has 0 aliphatic carbocycles. The molecule has 1 saturated heterocycles. The first kappa shape index (κ1) is 19.3. The van der Waals surface area contributed by atoms with Gasteiger partial charge in [0.05, 0.1) is 25.0 Å². The van der Waals surface area contributed by atoms with E-state index in [4.69, 9.17) is 4.74 Å². The summed E-state index contributed by atoms with van der Waals surface area (Å²) in [6.45, 7) is 9.85. The Hall–Kier alpha value is -2.45. The summed E-state index contributed by atoms with van der Waals surface area (Å²) < 4.78 is 21.7. The van der Waals surface area contributed by atoms with Crippen LogP contribution in [0.4, 0.5) is 15.1 Å². The molecule has 1 aliphatic rings. The van der Waals surface area contributed by atoms with Gasteiger partial charge in [-0.1, -0.05) is 13.8 Å². The lowest BCUT2D eigenvalue weighted by atomic mass is 10.0. The molecular formula is C18H27FN6O2. The largest absolute Gasteiger partial charge is 0.444 e. The molecule has 8 nitrogen and oxygen atoms in total. The molecule has 2 aromatic rings. The number of hydrogen-bond acceptors (Lipinski definition) is 6. The molecule has 0 radical (unpaired) electrons. The Morgan fingerprint density at radius 1 is 1.33 bits per heavy atom. The minimum Gasteiger partial charge on any atom is -0.444 e. The van der Waals surface area contributed by atoms with Crippen LogP contribution in [0.5, 0.6) is 0 Å². The molecule has 0 unspecified atom stereocenters. The molecule has 0 aromatic carbocycles. The van der Waals surface area contributed by atoms with Crippen molar-refractivity contribution in [3.8, 4) is 0 Å². The fourth-order valence-electron chi connectivity index (χ4n) is 3.00. The topological polar surface area (TPSA) is 84.7 Å². The highest BCUT2D eigenvalue weighted by atomic mass is 19.1. The normalized spacial score (nSPS) is 20.9. The number of carbonyl (C=O) groups excluding carboxylic acids is 1. The van der Waals surface area contributed by atoms with E-state index >= 15 is 0 Å². The highest BCUT2D eigenvalue weighted by molar-refractivity contribution is 5.68. The summed E-state index contributed by atoms with van der Waals surface area (Å²) in [4.78, 5) is 22.1. The number of alkyl halides is 1. The van der Waals surface area contributed by atoms with Gasteiger partial charge in [-0.05, 0) is 27.2 Å². The van der Waals surface area contributed by atoms with Crippen molar-refractivity contribution in [1.29, 1.82) is 0 Å². The number of nitrogens with one attached hydrogen (secondary N) is 1. The molecule has 0 bridgehead atoms. The zero-order valence-electron chi connectivity index (χ0n) is 16.4. The van der Waals surface area contributed by atoms with Crippen LogP contribution >= 0.6 is 0 Å². The first-order valence-electron chi connectivity index (χ1n) is 9.23. The molecule has 0 spiro atoms. The van der Waals surface area contributed by atoms with Crippen LogP contribution in [0.15, 0.2) is 12.4 Å². The smallest absolute Gasteiger partial charge is 0.410 e. The van der Waals surface area contributed by atoms with E-state index in [1.54, 1.807) is 37.7 Å². The highest BCUT2D eigenvalue weighted by Gasteiger charge is 2.34. The van der Waals surface area contributed by atoms with Crippen LogP contribution in [-0.4, -0.2) is 61.5 Å². The number of amides is 1. The van der Waals surface area contributed by atoms with Gasteiger partial charge in [0.25, 0.3) is 0 Å². The van der Waals surface area contributed by atoms with E-state index in [2.05, 4.69) is 20.4 Å². The number of halogens is 1. The van der Waals surface area contributed by atoms with Crippen LogP contribution in [-0.2, 0) is 4.74 Å². The predicted molar refractivity (Wildman–Crippen MR) is 99.6 cm³/mol. The lowest BCUT2D eigenvalue weighted by Gasteiger charge is -2.35. The maximum atomic E-state index is 14.7. The van der Waals surface area contributed by atoms with Crippen LogP contribution in [0.1, 0.15) is 52.8 Å². The van der Waals surface area contributed by atoms with Crippen LogP contribution < -0.4 is 5.32 Å². The van der Waals surface area contributed by atoms with E-state index in [0.717, 1.165) is 11.3 Å². The van der Waals surface area contributed by atoms with Crippen LogP contribution in [0, 0.1) is 0 Å². The quantitative estimate of drug-likeness (QED) is 0.884. The van der Waals surface area contributed by atoms with Crippen molar-refractivity contribution in [3.05, 3.63) is 18.2 Å². The second kappa shape index (κ2) is 7.28. The molecule has 1 amide bonds. The van der Waals surface area contributed by atoms with E-state index in [0.29, 0.717) is 18.9 Å². The van der Waals surface area contributed by atoms with Gasteiger partial charge in [-0.15, -0.1) is 5.10 Å². The third kappa shape index (κ3) is 4.45. The SMILES string of the molecule is CC(C)c1ncc2cnc(N[C@@H]3CCN(C(=O)OC(C)(C)C)C[C@@H]3F)nn12. The van der Waals surface area contributed by atoms with Gasteiger partial charge in [-0.3, -0.25) is 0 Å². The fourth-order valence-corrected chi connectivity index (χ4v) is 3.00. The summed E-state index contributed by atoms with van der Waals surface area (Å²) in [6.07, 6.45) is 2.11. The molecule has 2 aromatic heterocycles. The first-order valence-corrected chi connectivity index (χ1v) is 9.23. The second-order valence-electron chi connectivity index (χ2n) is 8.17. The molecule has 3 heterocycles. The van der Waals surface area contributed by atoms with Gasteiger partial charge < -0.3 is 15.0 Å². The summed E-state index contributed by atoms with van der Waals surface area (Å²) in [5.41, 5.74) is 0.195. The minimum atomic E-state index is -1.24. The van der Waals surface area contributed by atoms with Crippen molar-refractivity contribution in [2.75, 3.05) is 18.4 Å². The van der Waals surface area contributed by atoms with E-state index in [9.17, 15) is 9.18 Å². The number of aromatic nitrogens is 4. The minimum absolute atomic E-state index is 0.0167. The zero-order valence-corrected chi connectivity index (χ0v) is 16.4. The predicted octanol–water partition coefficient (Wildman–Crippen LogP) is 3.01. The lowest BCUT2D eigenvalue weighted by molar-refractivity contribution is 0.0125. The molecule has 3 rings (SSSR count). The van der Waals surface area contributed by atoms with Gasteiger partial charge in [0.15, 0.2) is 0 Å². The monoisotopic (exact) mass is 378 g/mol. The average Bonchev–Trinajstić information content (AvgIpc) is 2.98. The standard InChI is InChI=1S/C18H27FN6O2/c1-11(2)15-20-8-12-9-21-16(23-25(12)15)22-14-6-7-24(10-13(14)19)17(26)27-18(3,4)5/h8-9,11,13-14H,6-7,10H2,1-5H3,(H,22,23)/t13-,14+/m0/s1. The van der Waals surface area contributed by atoms with E-state index in [1.807, 2.05) is 13.8 Å². The number of hydrogen-bond donors (Lipinski definition) is 1. The molecule has 1 N–H and O–H groups in total. The molecule has 2 atom stereocenters. The van der Waals surface area contributed by atoms with Crippen LogP contribution in [0.25, 0.3) is 5.52 Å². The first-order chi connectivity index (χ1) is 12.6. The Morgan fingerprint density at radius 2 is 2.04 bits per heavy atom. The average molecular weight is 378 g/mol. The third-order valence-corrected chi connectivity index (χ3v) is 4.33. The van der Waals surface area contributed by atoms with Gasteiger partial charge in [0.1, 0.15) is 23.1 Å². The summed E-state index contributed by atoms with van der Waals surface area (Å²) in [5.74, 6) is 1.38. The number of anilines is 1. The number of ether oxygens (including phenoxy) is 1. The summed E-state index contributed by atoms with van der Waals surface area (Å²) in [7, 11) is 0. The van der Waals surface area contributed by atoms with Crippen molar-refractivity contribution in [1.82, 2.24) is 24.5 Å². The van der Waals surface area contributed by atoms with Gasteiger partial charge in [-0.25, -0.2) is 23.7 Å². The molecule has 1 aliphatic heterocycles. The zero-order chi connectivity index (χ0) is 19.8. The van der Waals surface area contributed by atoms with Crippen LogP contribution in [0.3, 0.4) is 0 Å². The second-order valence-corrected chi connectivity index (χ2v) is 8.17. The molecule has 0 saturated carbocycles. The molecule has 9 heteroatoms. The summed E-state index contributed by atoms with van der Waals surface area (Å²) in [6, 6.07) is -0.466. The Balaban J connectivity index is 1.66. The van der Waals surface area contributed by atoms with Gasteiger partial charge in [-0.2, -0.15) is 0 Å². The Bertz CT molecular complexity index is 816. The lowest BCUT2D eigenvalue weighted by Crippen LogP contribution is -2.51. The maximum absolute atomic E-state index is 14.7. The maximum Gasteiger partial charge on any atom is 0.410 e. The number of piperidine rings is 1. The Morgan fingerprint density at radius 3 is 2.67 bits per heavy atom. The Kier molecular flexibility index (Phi) is 5.21. The van der Waals surface area contributed by atoms with Crippen molar-refractivity contribution in [2.24, 2.45) is 0 Å². The number of likely N-dealkylation sites (tertiary alicyclic amines) is 1. The summed E-state index contributed by atoms with van der Waals surface area (Å²) >= 11 is 0. The van der Waals surface area contributed by atoms with E-state index in [1.165, 1.54) is 4.90 Å². The third-order valence-electron chi connectivity index (χ3n) is 4.33. The molecule has 148 valence electrons.